The van der Waals surface area contributed by atoms with Crippen LogP contribution in [0.25, 0.3) is 0 Å². The summed E-state index contributed by atoms with van der Waals surface area (Å²) in [7, 11) is 0. The molecule has 1 fully saturated rings. The lowest BCUT2D eigenvalue weighted by atomic mass is 9.83. The SMILES string of the molecule is O=C(O)[C@H]1CC=CC[C@@H]1C(=O)OC1CCCCC1. The fourth-order valence-electron chi connectivity index (χ4n) is 2.78. The van der Waals surface area contributed by atoms with Crippen molar-refractivity contribution in [1.82, 2.24) is 0 Å². The van der Waals surface area contributed by atoms with Crippen LogP contribution in [0.1, 0.15) is 44.9 Å². The van der Waals surface area contributed by atoms with Crippen LogP contribution in [0.15, 0.2) is 12.2 Å². The van der Waals surface area contributed by atoms with Crippen LogP contribution in [0.5, 0.6) is 0 Å². The summed E-state index contributed by atoms with van der Waals surface area (Å²) in [5, 5.41) is 9.12. The third-order valence-corrected chi connectivity index (χ3v) is 3.89. The normalized spacial score (nSPS) is 28.9. The number of allylic oxidation sites excluding steroid dienone is 2. The van der Waals surface area contributed by atoms with Crippen molar-refractivity contribution in [3.8, 4) is 0 Å². The van der Waals surface area contributed by atoms with E-state index in [1.54, 1.807) is 0 Å². The molecule has 0 aliphatic heterocycles. The Kier molecular flexibility index (Phi) is 4.39. The molecule has 0 aromatic carbocycles. The molecule has 0 aromatic rings. The zero-order chi connectivity index (χ0) is 13.0. The molecule has 2 atom stereocenters. The molecule has 0 heterocycles. The van der Waals surface area contributed by atoms with E-state index >= 15 is 0 Å². The minimum Gasteiger partial charge on any atom is -0.481 e. The van der Waals surface area contributed by atoms with Crippen LogP contribution in [0.4, 0.5) is 0 Å². The van der Waals surface area contributed by atoms with Crippen molar-refractivity contribution in [2.45, 2.75) is 51.0 Å². The van der Waals surface area contributed by atoms with Gasteiger partial charge in [0.1, 0.15) is 6.10 Å². The molecule has 2 aliphatic rings. The quantitative estimate of drug-likeness (QED) is 0.619. The number of carboxylic acid groups (broad SMARTS) is 1. The Bertz CT molecular complexity index is 342. The lowest BCUT2D eigenvalue weighted by Gasteiger charge is -2.27. The topological polar surface area (TPSA) is 63.6 Å². The van der Waals surface area contributed by atoms with E-state index in [-0.39, 0.29) is 12.1 Å². The summed E-state index contributed by atoms with van der Waals surface area (Å²) in [6, 6.07) is 0. The molecule has 0 aromatic heterocycles. The monoisotopic (exact) mass is 252 g/mol. The Balaban J connectivity index is 1.93. The van der Waals surface area contributed by atoms with Gasteiger partial charge in [0.05, 0.1) is 11.8 Å². The summed E-state index contributed by atoms with van der Waals surface area (Å²) >= 11 is 0. The first kappa shape index (κ1) is 13.1. The van der Waals surface area contributed by atoms with E-state index in [1.165, 1.54) is 6.42 Å². The summed E-state index contributed by atoms with van der Waals surface area (Å²) in [4.78, 5) is 23.2. The van der Waals surface area contributed by atoms with E-state index in [1.807, 2.05) is 12.2 Å². The number of carboxylic acids is 1. The van der Waals surface area contributed by atoms with E-state index in [0.29, 0.717) is 12.8 Å². The van der Waals surface area contributed by atoms with Crippen molar-refractivity contribution < 1.29 is 19.4 Å². The number of hydrogen-bond acceptors (Lipinski definition) is 3. The maximum Gasteiger partial charge on any atom is 0.310 e. The van der Waals surface area contributed by atoms with Crippen molar-refractivity contribution in [3.05, 3.63) is 12.2 Å². The minimum atomic E-state index is -0.898. The average Bonchev–Trinajstić information content (AvgIpc) is 2.40. The van der Waals surface area contributed by atoms with Crippen molar-refractivity contribution in [3.63, 3.8) is 0 Å². The molecule has 4 heteroatoms. The van der Waals surface area contributed by atoms with Crippen molar-refractivity contribution in [2.75, 3.05) is 0 Å². The van der Waals surface area contributed by atoms with Gasteiger partial charge in [-0.05, 0) is 38.5 Å². The second-order valence-electron chi connectivity index (χ2n) is 5.19. The lowest BCUT2D eigenvalue weighted by Crippen LogP contribution is -2.34. The van der Waals surface area contributed by atoms with Gasteiger partial charge >= 0.3 is 11.9 Å². The van der Waals surface area contributed by atoms with Gasteiger partial charge in [-0.1, -0.05) is 18.6 Å². The second-order valence-corrected chi connectivity index (χ2v) is 5.19. The molecule has 4 nitrogen and oxygen atoms in total. The summed E-state index contributed by atoms with van der Waals surface area (Å²) in [6.45, 7) is 0. The molecule has 18 heavy (non-hydrogen) atoms. The molecule has 0 unspecified atom stereocenters. The van der Waals surface area contributed by atoms with Crippen LogP contribution in [0.2, 0.25) is 0 Å². The molecule has 0 saturated heterocycles. The Labute approximate surface area is 107 Å². The number of carbonyl (C=O) groups is 2. The number of esters is 1. The number of hydrogen-bond donors (Lipinski definition) is 1. The van der Waals surface area contributed by atoms with Crippen molar-refractivity contribution in [2.24, 2.45) is 11.8 Å². The minimum absolute atomic E-state index is 0.00611. The number of aliphatic carboxylic acids is 1. The van der Waals surface area contributed by atoms with E-state index in [2.05, 4.69) is 0 Å². The zero-order valence-electron chi connectivity index (χ0n) is 10.5. The van der Waals surface area contributed by atoms with Gasteiger partial charge in [0, 0.05) is 0 Å². The fourth-order valence-corrected chi connectivity index (χ4v) is 2.78. The molecule has 0 radical (unpaired) electrons. The molecular weight excluding hydrogens is 232 g/mol. The maximum atomic E-state index is 12.1. The van der Waals surface area contributed by atoms with Gasteiger partial charge in [0.25, 0.3) is 0 Å². The Morgan fingerprint density at radius 3 is 2.22 bits per heavy atom. The van der Waals surface area contributed by atoms with Gasteiger partial charge in [-0.2, -0.15) is 0 Å². The molecule has 0 amide bonds. The molecule has 0 bridgehead atoms. The highest BCUT2D eigenvalue weighted by molar-refractivity contribution is 5.81. The predicted octanol–water partition coefficient (Wildman–Crippen LogP) is 2.53. The standard InChI is InChI=1S/C14H20O4/c15-13(16)11-8-4-5-9-12(11)14(17)18-10-6-2-1-3-7-10/h4-5,10-12H,1-3,6-9H2,(H,15,16)/t11-,12-/m0/s1. The second kappa shape index (κ2) is 6.03. The lowest BCUT2D eigenvalue weighted by molar-refractivity contribution is -0.163. The first-order valence-electron chi connectivity index (χ1n) is 6.77. The molecule has 1 saturated carbocycles. The van der Waals surface area contributed by atoms with Crippen LogP contribution in [0.3, 0.4) is 0 Å². The van der Waals surface area contributed by atoms with E-state index in [0.717, 1.165) is 25.7 Å². The van der Waals surface area contributed by atoms with E-state index < -0.39 is 17.8 Å². The third-order valence-electron chi connectivity index (χ3n) is 3.89. The number of rotatable bonds is 3. The summed E-state index contributed by atoms with van der Waals surface area (Å²) in [5.41, 5.74) is 0. The first-order valence-corrected chi connectivity index (χ1v) is 6.77. The molecular formula is C14H20O4. The molecule has 2 rings (SSSR count). The summed E-state index contributed by atoms with van der Waals surface area (Å²) < 4.78 is 5.48. The third kappa shape index (κ3) is 3.12. The predicted molar refractivity (Wildman–Crippen MR) is 66.0 cm³/mol. The summed E-state index contributed by atoms with van der Waals surface area (Å²) in [5.74, 6) is -2.34. The average molecular weight is 252 g/mol. The Morgan fingerprint density at radius 2 is 1.61 bits per heavy atom. The highest BCUT2D eigenvalue weighted by Crippen LogP contribution is 2.29. The first-order chi connectivity index (χ1) is 8.68. The fraction of sp³-hybridized carbons (Fsp3) is 0.714. The van der Waals surface area contributed by atoms with Crippen LogP contribution >= 0.6 is 0 Å². The van der Waals surface area contributed by atoms with Crippen LogP contribution < -0.4 is 0 Å². The van der Waals surface area contributed by atoms with E-state index in [4.69, 9.17) is 9.84 Å². The molecule has 2 aliphatic carbocycles. The van der Waals surface area contributed by atoms with Gasteiger partial charge < -0.3 is 9.84 Å². The number of ether oxygens (including phenoxy) is 1. The highest BCUT2D eigenvalue weighted by atomic mass is 16.5. The van der Waals surface area contributed by atoms with Crippen molar-refractivity contribution >= 4 is 11.9 Å². The Hall–Kier alpha value is -1.32. The van der Waals surface area contributed by atoms with Crippen LogP contribution in [0, 0.1) is 11.8 Å². The van der Waals surface area contributed by atoms with Gasteiger partial charge in [0.15, 0.2) is 0 Å². The summed E-state index contributed by atoms with van der Waals surface area (Å²) in [6.07, 6.45) is 9.90. The Morgan fingerprint density at radius 1 is 1.00 bits per heavy atom. The molecule has 1 N–H and O–H groups in total. The zero-order valence-corrected chi connectivity index (χ0v) is 10.5. The van der Waals surface area contributed by atoms with Crippen LogP contribution in [-0.2, 0) is 14.3 Å². The van der Waals surface area contributed by atoms with Crippen LogP contribution in [-0.4, -0.2) is 23.1 Å². The largest absolute Gasteiger partial charge is 0.481 e. The van der Waals surface area contributed by atoms with Gasteiger partial charge in [-0.3, -0.25) is 9.59 Å². The van der Waals surface area contributed by atoms with Gasteiger partial charge in [0.2, 0.25) is 0 Å². The highest BCUT2D eigenvalue weighted by Gasteiger charge is 2.36. The maximum absolute atomic E-state index is 12.1. The van der Waals surface area contributed by atoms with Gasteiger partial charge in [-0.15, -0.1) is 0 Å². The molecule has 0 spiro atoms. The number of carbonyl (C=O) groups excluding carboxylic acids is 1. The van der Waals surface area contributed by atoms with Gasteiger partial charge in [-0.25, -0.2) is 0 Å². The van der Waals surface area contributed by atoms with E-state index in [9.17, 15) is 9.59 Å². The smallest absolute Gasteiger partial charge is 0.310 e. The molecule has 100 valence electrons. The van der Waals surface area contributed by atoms with Crippen molar-refractivity contribution in [1.29, 1.82) is 0 Å².